The summed E-state index contributed by atoms with van der Waals surface area (Å²) in [5.74, 6) is 0.685. The molecule has 2 aliphatic rings. The van der Waals surface area contributed by atoms with Gasteiger partial charge in [-0.15, -0.1) is 6.58 Å². The molecule has 0 spiro atoms. The second-order valence-corrected chi connectivity index (χ2v) is 6.25. The van der Waals surface area contributed by atoms with Crippen LogP contribution in [0.3, 0.4) is 0 Å². The van der Waals surface area contributed by atoms with Crippen molar-refractivity contribution in [1.29, 1.82) is 0 Å². The van der Waals surface area contributed by atoms with Gasteiger partial charge in [0.25, 0.3) is 0 Å². The first-order valence-electron chi connectivity index (χ1n) is 8.07. The van der Waals surface area contributed by atoms with E-state index < -0.39 is 0 Å². The highest BCUT2D eigenvalue weighted by atomic mass is 16.1. The molecule has 0 heterocycles. The van der Waals surface area contributed by atoms with Crippen LogP contribution in [0.5, 0.6) is 0 Å². The Hall–Kier alpha value is -1.70. The van der Waals surface area contributed by atoms with Gasteiger partial charge in [-0.3, -0.25) is 9.59 Å². The van der Waals surface area contributed by atoms with Gasteiger partial charge in [0, 0.05) is 17.9 Å². The van der Waals surface area contributed by atoms with E-state index in [1.807, 2.05) is 19.9 Å². The number of hydrogen-bond acceptors (Lipinski definition) is 2. The van der Waals surface area contributed by atoms with Crippen molar-refractivity contribution in [2.45, 2.75) is 52.9 Å². The van der Waals surface area contributed by atoms with Crippen LogP contribution in [0.2, 0.25) is 0 Å². The molecular formula is C20H28O2. The highest BCUT2D eigenvalue weighted by molar-refractivity contribution is 5.99. The number of carbonyl (C=O) groups excluding carboxylic acids is 2. The summed E-state index contributed by atoms with van der Waals surface area (Å²) in [6.07, 6.45) is 9.36. The number of hydrogen-bond donors (Lipinski definition) is 0. The maximum absolute atomic E-state index is 12.1. The van der Waals surface area contributed by atoms with Crippen molar-refractivity contribution >= 4 is 12.1 Å². The third-order valence-corrected chi connectivity index (χ3v) is 4.36. The van der Waals surface area contributed by atoms with E-state index in [1.54, 1.807) is 6.08 Å². The highest BCUT2D eigenvalue weighted by Gasteiger charge is 2.35. The first kappa shape index (κ1) is 18.3. The molecule has 0 aliphatic heterocycles. The lowest BCUT2D eigenvalue weighted by molar-refractivity contribution is -0.115. The number of allylic oxidation sites excluding steroid dienone is 6. The van der Waals surface area contributed by atoms with E-state index in [-0.39, 0.29) is 17.6 Å². The van der Waals surface area contributed by atoms with E-state index in [2.05, 4.69) is 20.1 Å². The molecule has 0 N–H and O–H groups in total. The minimum atomic E-state index is 0.138. The Morgan fingerprint density at radius 2 is 1.91 bits per heavy atom. The van der Waals surface area contributed by atoms with Crippen molar-refractivity contribution in [2.24, 2.45) is 11.8 Å². The molecule has 0 aromatic rings. The summed E-state index contributed by atoms with van der Waals surface area (Å²) in [5.41, 5.74) is 4.13. The number of rotatable bonds is 3. The normalized spacial score (nSPS) is 25.7. The Morgan fingerprint density at radius 3 is 2.41 bits per heavy atom. The van der Waals surface area contributed by atoms with Gasteiger partial charge in [0.15, 0.2) is 5.78 Å². The zero-order valence-electron chi connectivity index (χ0n) is 14.2. The molecule has 2 rings (SSSR count). The molecular weight excluding hydrogens is 272 g/mol. The average Bonchev–Trinajstić information content (AvgIpc) is 2.80. The Bertz CT molecular complexity index is 520. The van der Waals surface area contributed by atoms with Crippen LogP contribution in [0.1, 0.15) is 52.9 Å². The fourth-order valence-electron chi connectivity index (χ4n) is 3.41. The Labute approximate surface area is 134 Å². The van der Waals surface area contributed by atoms with Crippen LogP contribution in [-0.2, 0) is 9.59 Å². The van der Waals surface area contributed by atoms with Gasteiger partial charge in [0.2, 0.25) is 0 Å². The molecule has 2 atom stereocenters. The second kappa shape index (κ2) is 8.67. The van der Waals surface area contributed by atoms with Crippen LogP contribution in [0.4, 0.5) is 0 Å². The van der Waals surface area contributed by atoms with Crippen LogP contribution < -0.4 is 0 Å². The number of carbonyl (C=O) groups is 2. The predicted octanol–water partition coefficient (Wildman–Crippen LogP) is 4.98. The van der Waals surface area contributed by atoms with Gasteiger partial charge in [-0.25, -0.2) is 0 Å². The molecule has 1 saturated carbocycles. The summed E-state index contributed by atoms with van der Waals surface area (Å²) >= 11 is 0. The van der Waals surface area contributed by atoms with Crippen molar-refractivity contribution in [3.8, 4) is 0 Å². The minimum Gasteiger partial charge on any atom is -0.298 e. The van der Waals surface area contributed by atoms with E-state index in [0.29, 0.717) is 6.42 Å². The molecule has 0 amide bonds. The quantitative estimate of drug-likeness (QED) is 0.418. The third kappa shape index (κ3) is 4.40. The lowest BCUT2D eigenvalue weighted by Crippen LogP contribution is -2.25. The maximum atomic E-state index is 12.1. The van der Waals surface area contributed by atoms with Crippen LogP contribution in [0.15, 0.2) is 47.6 Å². The van der Waals surface area contributed by atoms with E-state index in [0.717, 1.165) is 48.7 Å². The summed E-state index contributed by atoms with van der Waals surface area (Å²) in [6.45, 7) is 13.3. The standard InChI is InChI=1S/C17H22O2.C3H6/c1-11(10-18)9-14-6-4-5-12(2)16(14)17-13(3)7-8-15(17)19;1-3-2/h9-10,14,16H,2,4-8H2,1,3H3;3H,1H2,2H3/b11-9-;. The second-order valence-electron chi connectivity index (χ2n) is 6.25. The molecule has 1 fully saturated rings. The van der Waals surface area contributed by atoms with Gasteiger partial charge in [-0.1, -0.05) is 29.9 Å². The van der Waals surface area contributed by atoms with Gasteiger partial charge in [-0.2, -0.15) is 0 Å². The molecule has 22 heavy (non-hydrogen) atoms. The van der Waals surface area contributed by atoms with Gasteiger partial charge < -0.3 is 0 Å². The van der Waals surface area contributed by atoms with Crippen molar-refractivity contribution in [2.75, 3.05) is 0 Å². The Morgan fingerprint density at radius 1 is 1.27 bits per heavy atom. The maximum Gasteiger partial charge on any atom is 0.159 e. The minimum absolute atomic E-state index is 0.138. The fourth-order valence-corrected chi connectivity index (χ4v) is 3.41. The van der Waals surface area contributed by atoms with Crippen LogP contribution in [-0.4, -0.2) is 12.1 Å². The fraction of sp³-hybridized carbons (Fsp3) is 0.500. The first-order valence-corrected chi connectivity index (χ1v) is 8.07. The molecule has 2 heteroatoms. The summed E-state index contributed by atoms with van der Waals surface area (Å²) in [5, 5.41) is 0. The Kier molecular flexibility index (Phi) is 7.23. The number of aldehydes is 1. The van der Waals surface area contributed by atoms with Gasteiger partial charge in [0.05, 0.1) is 0 Å². The van der Waals surface area contributed by atoms with E-state index in [9.17, 15) is 9.59 Å². The zero-order valence-corrected chi connectivity index (χ0v) is 14.2. The number of ketones is 1. The average molecular weight is 300 g/mol. The SMILES string of the molecule is C=C1CCCC(/C=C(/C)C=O)C1C1=C(C)CCC1=O.C=CC. The smallest absolute Gasteiger partial charge is 0.159 e. The molecule has 0 radical (unpaired) electrons. The lowest BCUT2D eigenvalue weighted by Gasteiger charge is -2.33. The van der Waals surface area contributed by atoms with E-state index in [4.69, 9.17) is 0 Å². The lowest BCUT2D eigenvalue weighted by atomic mass is 9.71. The van der Waals surface area contributed by atoms with Crippen LogP contribution in [0, 0.1) is 11.8 Å². The third-order valence-electron chi connectivity index (χ3n) is 4.36. The van der Waals surface area contributed by atoms with Crippen LogP contribution >= 0.6 is 0 Å². The van der Waals surface area contributed by atoms with Gasteiger partial charge in [0.1, 0.15) is 6.29 Å². The van der Waals surface area contributed by atoms with Gasteiger partial charge >= 0.3 is 0 Å². The molecule has 0 bridgehead atoms. The molecule has 120 valence electrons. The largest absolute Gasteiger partial charge is 0.298 e. The van der Waals surface area contributed by atoms with Crippen molar-refractivity contribution in [3.05, 3.63) is 47.6 Å². The Balaban J connectivity index is 0.000000745. The van der Waals surface area contributed by atoms with Crippen molar-refractivity contribution < 1.29 is 9.59 Å². The van der Waals surface area contributed by atoms with E-state index >= 15 is 0 Å². The molecule has 0 aromatic heterocycles. The highest BCUT2D eigenvalue weighted by Crippen LogP contribution is 2.43. The van der Waals surface area contributed by atoms with Crippen molar-refractivity contribution in [1.82, 2.24) is 0 Å². The summed E-state index contributed by atoms with van der Waals surface area (Å²) in [4.78, 5) is 23.0. The molecule has 0 saturated heterocycles. The number of Topliss-reactive ketones (excluding diaryl/α,β-unsaturated/α-hetero) is 1. The monoisotopic (exact) mass is 300 g/mol. The topological polar surface area (TPSA) is 34.1 Å². The molecule has 2 unspecified atom stereocenters. The van der Waals surface area contributed by atoms with Crippen molar-refractivity contribution in [3.63, 3.8) is 0 Å². The molecule has 2 nitrogen and oxygen atoms in total. The summed E-state index contributed by atoms with van der Waals surface area (Å²) in [7, 11) is 0. The van der Waals surface area contributed by atoms with Crippen LogP contribution in [0.25, 0.3) is 0 Å². The summed E-state index contributed by atoms with van der Waals surface area (Å²) < 4.78 is 0. The summed E-state index contributed by atoms with van der Waals surface area (Å²) in [6, 6.07) is 0. The first-order chi connectivity index (χ1) is 10.5. The van der Waals surface area contributed by atoms with E-state index in [1.165, 1.54) is 5.57 Å². The van der Waals surface area contributed by atoms with Gasteiger partial charge in [-0.05, 0) is 57.9 Å². The predicted molar refractivity (Wildman–Crippen MR) is 92.6 cm³/mol. The molecule has 2 aliphatic carbocycles. The molecule has 0 aromatic carbocycles. The zero-order chi connectivity index (χ0) is 16.7.